The number of hydrogen-bond donors (Lipinski definition) is 3. The third-order valence-electron chi connectivity index (χ3n) is 2.71. The van der Waals surface area contributed by atoms with E-state index in [0.717, 1.165) is 11.1 Å². The van der Waals surface area contributed by atoms with E-state index >= 15 is 0 Å². The number of primary amides is 1. The molecule has 0 spiro atoms. The Morgan fingerprint density at radius 2 is 2.12 bits per heavy atom. The van der Waals surface area contributed by atoms with E-state index in [2.05, 4.69) is 5.32 Å². The third kappa shape index (κ3) is 4.54. The minimum Gasteiger partial charge on any atom is -0.387 e. The van der Waals surface area contributed by atoms with Gasteiger partial charge < -0.3 is 16.2 Å². The van der Waals surface area contributed by atoms with Gasteiger partial charge in [-0.1, -0.05) is 24.3 Å². The number of carbonyl (C=O) groups excluding carboxylic acids is 1. The quantitative estimate of drug-likeness (QED) is 0.686. The summed E-state index contributed by atoms with van der Waals surface area (Å²) in [7, 11) is 0. The molecule has 4 heteroatoms. The SMILES string of the molecule is Cc1ccccc1C(O)CNC(C)CC(N)=O. The topological polar surface area (TPSA) is 75.3 Å². The summed E-state index contributed by atoms with van der Waals surface area (Å²) in [5.74, 6) is -0.338. The van der Waals surface area contributed by atoms with E-state index in [-0.39, 0.29) is 18.4 Å². The number of carbonyl (C=O) groups is 1. The second-order valence-corrected chi connectivity index (χ2v) is 4.35. The van der Waals surface area contributed by atoms with E-state index in [1.165, 1.54) is 0 Å². The van der Waals surface area contributed by atoms with Gasteiger partial charge in [-0.2, -0.15) is 0 Å². The van der Waals surface area contributed by atoms with E-state index in [1.807, 2.05) is 38.1 Å². The van der Waals surface area contributed by atoms with Gasteiger partial charge in [0.1, 0.15) is 0 Å². The molecule has 4 nitrogen and oxygen atoms in total. The van der Waals surface area contributed by atoms with E-state index in [0.29, 0.717) is 6.54 Å². The van der Waals surface area contributed by atoms with Crippen molar-refractivity contribution in [2.24, 2.45) is 5.73 Å². The van der Waals surface area contributed by atoms with E-state index in [1.54, 1.807) is 0 Å². The van der Waals surface area contributed by atoms with Gasteiger partial charge in [0.2, 0.25) is 5.91 Å². The Morgan fingerprint density at radius 1 is 1.47 bits per heavy atom. The average Bonchev–Trinajstić information content (AvgIpc) is 2.25. The van der Waals surface area contributed by atoms with Crippen molar-refractivity contribution in [1.29, 1.82) is 0 Å². The second kappa shape index (κ2) is 6.37. The Balaban J connectivity index is 2.47. The summed E-state index contributed by atoms with van der Waals surface area (Å²) in [5.41, 5.74) is 7.06. The zero-order valence-electron chi connectivity index (χ0n) is 10.3. The Hall–Kier alpha value is -1.39. The Labute approximate surface area is 102 Å². The highest BCUT2D eigenvalue weighted by atomic mass is 16.3. The van der Waals surface area contributed by atoms with Gasteiger partial charge in [0.15, 0.2) is 0 Å². The van der Waals surface area contributed by atoms with Gasteiger partial charge in [0, 0.05) is 19.0 Å². The number of aliphatic hydroxyl groups is 1. The molecule has 1 rings (SSSR count). The Kier molecular flexibility index (Phi) is 5.12. The van der Waals surface area contributed by atoms with E-state index < -0.39 is 6.10 Å². The lowest BCUT2D eigenvalue weighted by molar-refractivity contribution is -0.118. The van der Waals surface area contributed by atoms with Crippen LogP contribution in [0.25, 0.3) is 0 Å². The van der Waals surface area contributed by atoms with Gasteiger partial charge in [0.05, 0.1) is 6.10 Å². The maximum Gasteiger partial charge on any atom is 0.218 e. The van der Waals surface area contributed by atoms with Crippen LogP contribution in [0.5, 0.6) is 0 Å². The lowest BCUT2D eigenvalue weighted by Crippen LogP contribution is -2.34. The minimum atomic E-state index is -0.563. The van der Waals surface area contributed by atoms with Crippen LogP contribution < -0.4 is 11.1 Å². The van der Waals surface area contributed by atoms with Crippen molar-refractivity contribution in [2.75, 3.05) is 6.54 Å². The monoisotopic (exact) mass is 236 g/mol. The smallest absolute Gasteiger partial charge is 0.218 e. The van der Waals surface area contributed by atoms with Gasteiger partial charge in [-0.25, -0.2) is 0 Å². The van der Waals surface area contributed by atoms with Crippen LogP contribution in [0.2, 0.25) is 0 Å². The zero-order valence-corrected chi connectivity index (χ0v) is 10.3. The number of nitrogens with two attached hydrogens (primary N) is 1. The van der Waals surface area contributed by atoms with Crippen LogP contribution in [-0.2, 0) is 4.79 Å². The minimum absolute atomic E-state index is 0.0221. The molecule has 94 valence electrons. The standard InChI is InChI=1S/C13H20N2O2/c1-9-5-3-4-6-11(9)12(16)8-15-10(2)7-13(14)17/h3-6,10,12,15-16H,7-8H2,1-2H3,(H2,14,17). The van der Waals surface area contributed by atoms with Crippen molar-refractivity contribution in [1.82, 2.24) is 5.32 Å². The molecule has 2 unspecified atom stereocenters. The highest BCUT2D eigenvalue weighted by molar-refractivity contribution is 5.74. The molecular weight excluding hydrogens is 216 g/mol. The Morgan fingerprint density at radius 3 is 2.71 bits per heavy atom. The number of rotatable bonds is 6. The van der Waals surface area contributed by atoms with E-state index in [4.69, 9.17) is 5.73 Å². The summed E-state index contributed by atoms with van der Waals surface area (Å²) in [6.45, 7) is 4.25. The molecule has 0 aromatic heterocycles. The van der Waals surface area contributed by atoms with Crippen molar-refractivity contribution < 1.29 is 9.90 Å². The van der Waals surface area contributed by atoms with Crippen LogP contribution in [0.3, 0.4) is 0 Å². The molecule has 0 saturated carbocycles. The van der Waals surface area contributed by atoms with Gasteiger partial charge in [-0.15, -0.1) is 0 Å². The number of benzene rings is 1. The van der Waals surface area contributed by atoms with Crippen molar-refractivity contribution in [3.8, 4) is 0 Å². The number of hydrogen-bond acceptors (Lipinski definition) is 3. The van der Waals surface area contributed by atoms with Crippen molar-refractivity contribution >= 4 is 5.91 Å². The largest absolute Gasteiger partial charge is 0.387 e. The molecule has 0 aliphatic rings. The molecule has 1 aromatic rings. The van der Waals surface area contributed by atoms with E-state index in [9.17, 15) is 9.90 Å². The first kappa shape index (κ1) is 13.7. The molecule has 0 saturated heterocycles. The normalized spacial score (nSPS) is 14.3. The fourth-order valence-corrected chi connectivity index (χ4v) is 1.76. The zero-order chi connectivity index (χ0) is 12.8. The maximum atomic E-state index is 10.7. The summed E-state index contributed by atoms with van der Waals surface area (Å²) in [5, 5.41) is 13.1. The van der Waals surface area contributed by atoms with Crippen LogP contribution >= 0.6 is 0 Å². The first-order chi connectivity index (χ1) is 8.00. The first-order valence-corrected chi connectivity index (χ1v) is 5.76. The fourth-order valence-electron chi connectivity index (χ4n) is 1.76. The molecule has 0 fully saturated rings. The molecule has 17 heavy (non-hydrogen) atoms. The van der Waals surface area contributed by atoms with Gasteiger partial charge in [-0.3, -0.25) is 4.79 Å². The fraction of sp³-hybridized carbons (Fsp3) is 0.462. The van der Waals surface area contributed by atoms with Crippen LogP contribution in [-0.4, -0.2) is 23.6 Å². The molecule has 0 aliphatic carbocycles. The highest BCUT2D eigenvalue weighted by Crippen LogP contribution is 2.16. The molecule has 2 atom stereocenters. The van der Waals surface area contributed by atoms with Crippen LogP contribution in [0, 0.1) is 6.92 Å². The lowest BCUT2D eigenvalue weighted by atomic mass is 10.0. The first-order valence-electron chi connectivity index (χ1n) is 5.76. The molecule has 0 heterocycles. The van der Waals surface area contributed by atoms with Gasteiger partial charge in [0.25, 0.3) is 0 Å². The molecule has 0 radical (unpaired) electrons. The third-order valence-corrected chi connectivity index (χ3v) is 2.71. The predicted molar refractivity (Wildman–Crippen MR) is 67.4 cm³/mol. The van der Waals surface area contributed by atoms with Crippen molar-refractivity contribution in [3.05, 3.63) is 35.4 Å². The summed E-state index contributed by atoms with van der Waals surface area (Å²) >= 11 is 0. The molecular formula is C13H20N2O2. The van der Waals surface area contributed by atoms with Crippen LogP contribution in [0.4, 0.5) is 0 Å². The molecule has 1 aromatic carbocycles. The number of aryl methyl sites for hydroxylation is 1. The molecule has 0 bridgehead atoms. The van der Waals surface area contributed by atoms with Crippen molar-refractivity contribution in [2.45, 2.75) is 32.4 Å². The number of amides is 1. The maximum absolute atomic E-state index is 10.7. The molecule has 4 N–H and O–H groups in total. The Bertz CT molecular complexity index is 379. The summed E-state index contributed by atoms with van der Waals surface area (Å²) < 4.78 is 0. The average molecular weight is 236 g/mol. The highest BCUT2D eigenvalue weighted by Gasteiger charge is 2.12. The van der Waals surface area contributed by atoms with Crippen LogP contribution in [0.1, 0.15) is 30.6 Å². The molecule has 0 aliphatic heterocycles. The lowest BCUT2D eigenvalue weighted by Gasteiger charge is -2.17. The van der Waals surface area contributed by atoms with Crippen LogP contribution in [0.15, 0.2) is 24.3 Å². The van der Waals surface area contributed by atoms with Gasteiger partial charge in [-0.05, 0) is 25.0 Å². The summed E-state index contributed by atoms with van der Waals surface area (Å²) in [6, 6.07) is 7.69. The molecule has 1 amide bonds. The van der Waals surface area contributed by atoms with Crippen molar-refractivity contribution in [3.63, 3.8) is 0 Å². The van der Waals surface area contributed by atoms with Gasteiger partial charge >= 0.3 is 0 Å². The summed E-state index contributed by atoms with van der Waals surface area (Å²) in [6.07, 6.45) is -0.285. The predicted octanol–water partition coefficient (Wildman–Crippen LogP) is 0.882. The summed E-state index contributed by atoms with van der Waals surface area (Å²) in [4.78, 5) is 10.7. The number of aliphatic hydroxyl groups excluding tert-OH is 1. The second-order valence-electron chi connectivity index (χ2n) is 4.35. The number of nitrogens with one attached hydrogen (secondary N) is 1.